The van der Waals surface area contributed by atoms with Crippen LogP contribution in [0.3, 0.4) is 0 Å². The minimum Gasteiger partial charge on any atom is -0.467 e. The second kappa shape index (κ2) is 7.43. The van der Waals surface area contributed by atoms with Gasteiger partial charge in [0.2, 0.25) is 0 Å². The maximum Gasteiger partial charge on any atom is 0.313 e. The van der Waals surface area contributed by atoms with Crippen LogP contribution < -0.4 is 10.6 Å². The Kier molecular flexibility index (Phi) is 4.89. The first-order valence-corrected chi connectivity index (χ1v) is 7.51. The summed E-state index contributed by atoms with van der Waals surface area (Å²) < 4.78 is 20.5. The molecular weight excluding hydrogens is 327 g/mol. The maximum atomic E-state index is 13.5. The van der Waals surface area contributed by atoms with E-state index in [4.69, 9.17) is 4.42 Å². The molecule has 25 heavy (non-hydrogen) atoms. The van der Waals surface area contributed by atoms with Crippen LogP contribution in [-0.4, -0.2) is 28.1 Å². The van der Waals surface area contributed by atoms with Crippen LogP contribution in [0.1, 0.15) is 11.8 Å². The number of nitrogens with zero attached hydrogens (tertiary/aromatic N) is 2. The zero-order chi connectivity index (χ0) is 17.6. The Morgan fingerprint density at radius 2 is 2.00 bits per heavy atom. The first-order valence-electron chi connectivity index (χ1n) is 7.51. The van der Waals surface area contributed by atoms with Crippen molar-refractivity contribution in [3.63, 3.8) is 0 Å². The van der Waals surface area contributed by atoms with Crippen molar-refractivity contribution in [2.75, 3.05) is 11.9 Å². The third-order valence-corrected chi connectivity index (χ3v) is 3.50. The van der Waals surface area contributed by atoms with Gasteiger partial charge in [-0.05, 0) is 30.3 Å². The molecule has 0 aliphatic heterocycles. The summed E-state index contributed by atoms with van der Waals surface area (Å²) in [5.74, 6) is -1.87. The molecule has 2 amide bonds. The van der Waals surface area contributed by atoms with Gasteiger partial charge in [0.15, 0.2) is 0 Å². The van der Waals surface area contributed by atoms with Gasteiger partial charge in [-0.3, -0.25) is 14.3 Å². The van der Waals surface area contributed by atoms with E-state index < -0.39 is 23.7 Å². The van der Waals surface area contributed by atoms with Crippen molar-refractivity contribution in [2.24, 2.45) is 0 Å². The summed E-state index contributed by atoms with van der Waals surface area (Å²) in [6.07, 6.45) is 4.83. The molecule has 0 fully saturated rings. The molecule has 0 aliphatic rings. The molecule has 7 nitrogen and oxygen atoms in total. The number of aromatic nitrogens is 2. The summed E-state index contributed by atoms with van der Waals surface area (Å²) >= 11 is 0. The number of hydrogen-bond acceptors (Lipinski definition) is 4. The number of nitrogens with one attached hydrogen (secondary N) is 2. The molecule has 1 aromatic carbocycles. The van der Waals surface area contributed by atoms with Crippen LogP contribution in [0, 0.1) is 5.82 Å². The van der Waals surface area contributed by atoms with Gasteiger partial charge in [-0.15, -0.1) is 0 Å². The molecule has 2 heterocycles. The lowest BCUT2D eigenvalue weighted by Gasteiger charge is -2.16. The van der Waals surface area contributed by atoms with E-state index in [0.29, 0.717) is 5.76 Å². The number of hydrogen-bond donors (Lipinski definition) is 2. The molecule has 0 saturated carbocycles. The normalized spacial score (nSPS) is 11.7. The zero-order valence-corrected chi connectivity index (χ0v) is 13.1. The summed E-state index contributed by atoms with van der Waals surface area (Å²) in [5, 5.41) is 8.87. The summed E-state index contributed by atoms with van der Waals surface area (Å²) in [4.78, 5) is 23.9. The second-order valence-electron chi connectivity index (χ2n) is 5.16. The number of benzene rings is 1. The minimum atomic E-state index is -0.955. The third-order valence-electron chi connectivity index (χ3n) is 3.50. The van der Waals surface area contributed by atoms with Gasteiger partial charge in [0.1, 0.15) is 17.6 Å². The molecule has 0 radical (unpaired) electrons. The zero-order valence-electron chi connectivity index (χ0n) is 13.1. The van der Waals surface area contributed by atoms with Crippen molar-refractivity contribution in [3.05, 3.63) is 72.7 Å². The largest absolute Gasteiger partial charge is 0.467 e. The maximum absolute atomic E-state index is 13.5. The molecule has 128 valence electrons. The number of carbonyl (C=O) groups is 2. The Labute approximate surface area is 142 Å². The highest BCUT2D eigenvalue weighted by atomic mass is 19.1. The molecule has 0 unspecified atom stereocenters. The van der Waals surface area contributed by atoms with Gasteiger partial charge < -0.3 is 15.1 Å². The quantitative estimate of drug-likeness (QED) is 0.694. The van der Waals surface area contributed by atoms with Gasteiger partial charge in [-0.1, -0.05) is 12.1 Å². The predicted molar refractivity (Wildman–Crippen MR) is 87.1 cm³/mol. The van der Waals surface area contributed by atoms with Gasteiger partial charge in [0.05, 0.1) is 12.0 Å². The van der Waals surface area contributed by atoms with Crippen molar-refractivity contribution < 1.29 is 18.4 Å². The fourth-order valence-electron chi connectivity index (χ4n) is 2.28. The van der Waals surface area contributed by atoms with E-state index in [0.717, 1.165) is 0 Å². The van der Waals surface area contributed by atoms with Gasteiger partial charge in [-0.25, -0.2) is 4.39 Å². The second-order valence-corrected chi connectivity index (χ2v) is 5.16. The van der Waals surface area contributed by atoms with Crippen LogP contribution in [0.25, 0.3) is 0 Å². The molecule has 0 aliphatic carbocycles. The number of furan rings is 1. The molecule has 2 N–H and O–H groups in total. The summed E-state index contributed by atoms with van der Waals surface area (Å²) in [6, 6.07) is 10.4. The Morgan fingerprint density at radius 3 is 2.68 bits per heavy atom. The van der Waals surface area contributed by atoms with Gasteiger partial charge in [0, 0.05) is 18.9 Å². The molecule has 8 heteroatoms. The van der Waals surface area contributed by atoms with Crippen LogP contribution in [0.2, 0.25) is 0 Å². The smallest absolute Gasteiger partial charge is 0.313 e. The predicted octanol–water partition coefficient (Wildman–Crippen LogP) is 1.96. The Balaban J connectivity index is 1.64. The van der Waals surface area contributed by atoms with Crippen molar-refractivity contribution in [2.45, 2.75) is 6.04 Å². The number of carbonyl (C=O) groups excluding carboxylic acids is 2. The highest BCUT2D eigenvalue weighted by molar-refractivity contribution is 6.39. The Bertz CT molecular complexity index is 812. The van der Waals surface area contributed by atoms with E-state index in [9.17, 15) is 14.0 Å². The summed E-state index contributed by atoms with van der Waals surface area (Å²) in [5.41, 5.74) is -0.0580. The van der Waals surface area contributed by atoms with Gasteiger partial charge in [-0.2, -0.15) is 5.10 Å². The highest BCUT2D eigenvalue weighted by Gasteiger charge is 2.21. The molecule has 1 atom stereocenters. The Hall–Kier alpha value is -3.42. The van der Waals surface area contributed by atoms with E-state index in [1.807, 2.05) is 0 Å². The van der Waals surface area contributed by atoms with E-state index in [1.165, 1.54) is 24.5 Å². The molecule has 0 spiro atoms. The van der Waals surface area contributed by atoms with Crippen molar-refractivity contribution in [1.29, 1.82) is 0 Å². The molecule has 0 bridgehead atoms. The first-order chi connectivity index (χ1) is 12.1. The lowest BCUT2D eigenvalue weighted by molar-refractivity contribution is -0.136. The van der Waals surface area contributed by atoms with Crippen LogP contribution in [-0.2, 0) is 9.59 Å². The fraction of sp³-hybridized carbons (Fsp3) is 0.118. The number of para-hydroxylation sites is 1. The lowest BCUT2D eigenvalue weighted by atomic mass is 10.2. The average molecular weight is 342 g/mol. The summed E-state index contributed by atoms with van der Waals surface area (Å²) in [7, 11) is 0. The van der Waals surface area contributed by atoms with Crippen LogP contribution >= 0.6 is 0 Å². The number of amides is 2. The number of halogens is 1. The van der Waals surface area contributed by atoms with Crippen molar-refractivity contribution in [3.8, 4) is 0 Å². The Morgan fingerprint density at radius 1 is 1.16 bits per heavy atom. The minimum absolute atomic E-state index is 0.0580. The van der Waals surface area contributed by atoms with Crippen LogP contribution in [0.4, 0.5) is 10.1 Å². The van der Waals surface area contributed by atoms with Crippen LogP contribution in [0.15, 0.2) is 65.5 Å². The third kappa shape index (κ3) is 3.92. The number of anilines is 1. The highest BCUT2D eigenvalue weighted by Crippen LogP contribution is 2.17. The van der Waals surface area contributed by atoms with E-state index in [2.05, 4.69) is 15.7 Å². The fourth-order valence-corrected chi connectivity index (χ4v) is 2.28. The van der Waals surface area contributed by atoms with E-state index in [-0.39, 0.29) is 12.2 Å². The van der Waals surface area contributed by atoms with E-state index >= 15 is 0 Å². The summed E-state index contributed by atoms with van der Waals surface area (Å²) in [6.45, 7) is 0.0821. The van der Waals surface area contributed by atoms with Crippen LogP contribution in [0.5, 0.6) is 0 Å². The van der Waals surface area contributed by atoms with Crippen molar-refractivity contribution in [1.82, 2.24) is 15.1 Å². The average Bonchev–Trinajstić information content (AvgIpc) is 3.31. The van der Waals surface area contributed by atoms with E-state index in [1.54, 1.807) is 41.3 Å². The SMILES string of the molecule is O=C(NC[C@@H](c1ccco1)n1cccn1)C(=O)Nc1ccccc1F. The number of rotatable bonds is 5. The monoisotopic (exact) mass is 342 g/mol. The molecule has 3 aromatic rings. The molecular formula is C17H15FN4O3. The molecule has 0 saturated heterocycles. The van der Waals surface area contributed by atoms with Gasteiger partial charge in [0.25, 0.3) is 0 Å². The lowest BCUT2D eigenvalue weighted by Crippen LogP contribution is -2.39. The van der Waals surface area contributed by atoms with Crippen molar-refractivity contribution >= 4 is 17.5 Å². The standard InChI is InChI=1S/C17H15FN4O3/c18-12-5-1-2-6-13(12)21-17(24)16(23)19-11-14(15-7-3-10-25-15)22-9-4-8-20-22/h1-10,14H,11H2,(H,19,23)(H,21,24)/t14-/m0/s1. The topological polar surface area (TPSA) is 89.2 Å². The molecule has 2 aromatic heterocycles. The first kappa shape index (κ1) is 16.4. The van der Waals surface area contributed by atoms with Gasteiger partial charge >= 0.3 is 11.8 Å². The molecule has 3 rings (SSSR count).